The number of aliphatic hydroxyl groups is 1. The summed E-state index contributed by atoms with van der Waals surface area (Å²) < 4.78 is 0. The van der Waals surface area contributed by atoms with Gasteiger partial charge in [0, 0.05) is 6.04 Å². The minimum absolute atomic E-state index is 0.192. The van der Waals surface area contributed by atoms with E-state index in [-0.39, 0.29) is 12.1 Å². The van der Waals surface area contributed by atoms with Crippen molar-refractivity contribution in [3.05, 3.63) is 23.8 Å². The van der Waals surface area contributed by atoms with Gasteiger partial charge in [-0.3, -0.25) is 0 Å². The van der Waals surface area contributed by atoms with Crippen molar-refractivity contribution >= 4 is 11.4 Å². The molecule has 0 saturated heterocycles. The highest BCUT2D eigenvalue weighted by Gasteiger charge is 2.27. The minimum Gasteiger partial charge on any atom is -0.396 e. The van der Waals surface area contributed by atoms with Gasteiger partial charge < -0.3 is 16.2 Å². The van der Waals surface area contributed by atoms with Crippen LogP contribution in [0, 0.1) is 11.3 Å². The van der Waals surface area contributed by atoms with Crippen LogP contribution in [0.25, 0.3) is 0 Å². The summed E-state index contributed by atoms with van der Waals surface area (Å²) >= 11 is 0. The van der Waals surface area contributed by atoms with Crippen molar-refractivity contribution in [3.63, 3.8) is 0 Å². The number of para-hydroxylation sites is 1. The number of nitrogens with one attached hydrogen (secondary N) is 1. The number of nitriles is 1. The van der Waals surface area contributed by atoms with Crippen molar-refractivity contribution in [2.75, 3.05) is 11.1 Å². The fraction of sp³-hybridized carbons (Fsp3) is 0.364. The zero-order valence-electron chi connectivity index (χ0n) is 8.27. The summed E-state index contributed by atoms with van der Waals surface area (Å²) in [6.45, 7) is 0. The molecule has 1 aromatic carbocycles. The van der Waals surface area contributed by atoms with E-state index >= 15 is 0 Å². The van der Waals surface area contributed by atoms with Gasteiger partial charge in [0.25, 0.3) is 0 Å². The van der Waals surface area contributed by atoms with Gasteiger partial charge in [0.05, 0.1) is 23.0 Å². The molecule has 0 heterocycles. The maximum absolute atomic E-state index is 9.14. The second kappa shape index (κ2) is 3.79. The first-order valence-corrected chi connectivity index (χ1v) is 4.94. The lowest BCUT2D eigenvalue weighted by atomic mass is 9.89. The molecular formula is C11H13N3O. The molecule has 0 aromatic heterocycles. The van der Waals surface area contributed by atoms with Crippen molar-refractivity contribution in [2.24, 2.45) is 0 Å². The van der Waals surface area contributed by atoms with Crippen LogP contribution in [0.15, 0.2) is 18.2 Å². The predicted octanol–water partition coefficient (Wildman–Crippen LogP) is 1.08. The summed E-state index contributed by atoms with van der Waals surface area (Å²) in [4.78, 5) is 0. The molecular weight excluding hydrogens is 190 g/mol. The molecule has 78 valence electrons. The van der Waals surface area contributed by atoms with Gasteiger partial charge in [-0.05, 0) is 25.0 Å². The van der Waals surface area contributed by atoms with E-state index in [0.29, 0.717) is 11.3 Å². The first-order chi connectivity index (χ1) is 7.20. The van der Waals surface area contributed by atoms with E-state index in [0.717, 1.165) is 18.5 Å². The third-order valence-corrected chi connectivity index (χ3v) is 2.70. The summed E-state index contributed by atoms with van der Waals surface area (Å²) in [6.07, 6.45) is 1.30. The van der Waals surface area contributed by atoms with Crippen LogP contribution in [0.4, 0.5) is 11.4 Å². The molecule has 1 aliphatic carbocycles. The van der Waals surface area contributed by atoms with Crippen LogP contribution in [0.3, 0.4) is 0 Å². The molecule has 0 radical (unpaired) electrons. The Morgan fingerprint density at radius 2 is 2.20 bits per heavy atom. The molecule has 4 N–H and O–H groups in total. The monoisotopic (exact) mass is 203 g/mol. The van der Waals surface area contributed by atoms with E-state index < -0.39 is 0 Å². The van der Waals surface area contributed by atoms with E-state index in [1.807, 2.05) is 12.1 Å². The zero-order chi connectivity index (χ0) is 10.8. The van der Waals surface area contributed by atoms with E-state index in [1.165, 1.54) is 0 Å². The van der Waals surface area contributed by atoms with Crippen LogP contribution in [-0.2, 0) is 0 Å². The van der Waals surface area contributed by atoms with Gasteiger partial charge in [0.1, 0.15) is 6.07 Å². The van der Waals surface area contributed by atoms with Crippen molar-refractivity contribution < 1.29 is 5.11 Å². The molecule has 15 heavy (non-hydrogen) atoms. The molecule has 1 fully saturated rings. The summed E-state index contributed by atoms with van der Waals surface area (Å²) in [6, 6.07) is 7.65. The van der Waals surface area contributed by atoms with Crippen LogP contribution in [0.1, 0.15) is 18.4 Å². The molecule has 0 spiro atoms. The smallest absolute Gasteiger partial charge is 0.101 e. The Bertz CT molecular complexity index is 405. The minimum atomic E-state index is -0.192. The highest BCUT2D eigenvalue weighted by atomic mass is 16.3. The van der Waals surface area contributed by atoms with Gasteiger partial charge in [-0.1, -0.05) is 6.07 Å². The topological polar surface area (TPSA) is 82.1 Å². The van der Waals surface area contributed by atoms with Crippen molar-refractivity contribution in [3.8, 4) is 6.07 Å². The standard InChI is InChI=1S/C11H13N3O/c12-6-7-2-1-3-10(11(7)13)14-8-4-9(15)5-8/h1-3,8-9,14-15H,4-5,13H2. The Morgan fingerprint density at radius 3 is 2.80 bits per heavy atom. The molecule has 0 aliphatic heterocycles. The van der Waals surface area contributed by atoms with Crippen LogP contribution >= 0.6 is 0 Å². The number of nitrogens with two attached hydrogens (primary N) is 1. The quantitative estimate of drug-likeness (QED) is 0.628. The molecule has 4 nitrogen and oxygen atoms in total. The lowest BCUT2D eigenvalue weighted by molar-refractivity contribution is 0.0837. The Hall–Kier alpha value is -1.73. The molecule has 0 amide bonds. The van der Waals surface area contributed by atoms with Gasteiger partial charge in [0.2, 0.25) is 0 Å². The first kappa shape index (κ1) is 9.81. The molecule has 1 saturated carbocycles. The van der Waals surface area contributed by atoms with Gasteiger partial charge in [-0.2, -0.15) is 5.26 Å². The second-order valence-electron chi connectivity index (χ2n) is 3.85. The SMILES string of the molecule is N#Cc1cccc(NC2CC(O)C2)c1N. The molecule has 0 atom stereocenters. The largest absolute Gasteiger partial charge is 0.396 e. The summed E-state index contributed by atoms with van der Waals surface area (Å²) in [7, 11) is 0. The van der Waals surface area contributed by atoms with Crippen molar-refractivity contribution in [2.45, 2.75) is 25.0 Å². The number of nitrogens with zero attached hydrogens (tertiary/aromatic N) is 1. The summed E-state index contributed by atoms with van der Waals surface area (Å²) in [5.41, 5.74) is 7.56. The number of aliphatic hydroxyl groups excluding tert-OH is 1. The predicted molar refractivity (Wildman–Crippen MR) is 58.2 cm³/mol. The van der Waals surface area contributed by atoms with Crippen LogP contribution in [-0.4, -0.2) is 17.3 Å². The van der Waals surface area contributed by atoms with E-state index in [1.54, 1.807) is 12.1 Å². The highest BCUT2D eigenvalue weighted by molar-refractivity contribution is 5.73. The molecule has 1 aromatic rings. The van der Waals surface area contributed by atoms with Gasteiger partial charge >= 0.3 is 0 Å². The third kappa shape index (κ3) is 1.88. The number of rotatable bonds is 2. The van der Waals surface area contributed by atoms with Gasteiger partial charge in [0.15, 0.2) is 0 Å². The number of benzene rings is 1. The lowest BCUT2D eigenvalue weighted by Gasteiger charge is -2.33. The van der Waals surface area contributed by atoms with Crippen LogP contribution in [0.5, 0.6) is 0 Å². The average Bonchev–Trinajstić information content (AvgIpc) is 2.18. The van der Waals surface area contributed by atoms with Crippen molar-refractivity contribution in [1.29, 1.82) is 5.26 Å². The molecule has 1 aliphatic rings. The van der Waals surface area contributed by atoms with Gasteiger partial charge in [-0.25, -0.2) is 0 Å². The van der Waals surface area contributed by atoms with E-state index in [9.17, 15) is 0 Å². The Labute approximate surface area is 88.3 Å². The van der Waals surface area contributed by atoms with Crippen LogP contribution in [0.2, 0.25) is 0 Å². The first-order valence-electron chi connectivity index (χ1n) is 4.94. The number of hydrogen-bond acceptors (Lipinski definition) is 4. The number of anilines is 2. The Kier molecular flexibility index (Phi) is 2.48. The molecule has 0 bridgehead atoms. The number of hydrogen-bond donors (Lipinski definition) is 3. The molecule has 0 unspecified atom stereocenters. The van der Waals surface area contributed by atoms with E-state index in [2.05, 4.69) is 5.32 Å². The Morgan fingerprint density at radius 1 is 1.47 bits per heavy atom. The van der Waals surface area contributed by atoms with Gasteiger partial charge in [-0.15, -0.1) is 0 Å². The highest BCUT2D eigenvalue weighted by Crippen LogP contribution is 2.28. The maximum Gasteiger partial charge on any atom is 0.101 e. The van der Waals surface area contributed by atoms with E-state index in [4.69, 9.17) is 16.1 Å². The normalized spacial score (nSPS) is 24.0. The third-order valence-electron chi connectivity index (χ3n) is 2.70. The second-order valence-corrected chi connectivity index (χ2v) is 3.85. The molecule has 2 rings (SSSR count). The average molecular weight is 203 g/mol. The maximum atomic E-state index is 9.14. The number of nitrogen functional groups attached to an aromatic ring is 1. The summed E-state index contributed by atoms with van der Waals surface area (Å²) in [5, 5.41) is 21.2. The Balaban J connectivity index is 2.12. The summed E-state index contributed by atoms with van der Waals surface area (Å²) in [5.74, 6) is 0. The molecule has 4 heteroatoms. The lowest BCUT2D eigenvalue weighted by Crippen LogP contribution is -2.39. The van der Waals surface area contributed by atoms with Crippen LogP contribution < -0.4 is 11.1 Å². The van der Waals surface area contributed by atoms with Crippen molar-refractivity contribution in [1.82, 2.24) is 0 Å². The zero-order valence-corrected chi connectivity index (χ0v) is 8.27. The fourth-order valence-electron chi connectivity index (χ4n) is 1.71. The fourth-order valence-corrected chi connectivity index (χ4v) is 1.71.